The molecule has 1 heterocycles. The Kier molecular flexibility index (Phi) is 5.12. The van der Waals surface area contributed by atoms with E-state index in [9.17, 15) is 5.11 Å². The van der Waals surface area contributed by atoms with Crippen LogP contribution in [0.25, 0.3) is 0 Å². The first-order chi connectivity index (χ1) is 9.84. The molecule has 1 aromatic rings. The van der Waals surface area contributed by atoms with Crippen molar-refractivity contribution in [1.82, 2.24) is 0 Å². The Morgan fingerprint density at radius 2 is 1.90 bits per heavy atom. The number of hydrogen-bond acceptors (Lipinski definition) is 3. The van der Waals surface area contributed by atoms with Gasteiger partial charge in [-0.2, -0.15) is 0 Å². The van der Waals surface area contributed by atoms with Crippen molar-refractivity contribution < 1.29 is 9.94 Å². The summed E-state index contributed by atoms with van der Waals surface area (Å²) in [6, 6.07) is 7.67. The summed E-state index contributed by atoms with van der Waals surface area (Å²) in [7, 11) is -1.70. The Morgan fingerprint density at radius 3 is 2.43 bits per heavy atom. The first-order valence-electron chi connectivity index (χ1n) is 7.52. The maximum atomic E-state index is 10.6. The summed E-state index contributed by atoms with van der Waals surface area (Å²) in [4.78, 5) is 5.64. The third-order valence-electron chi connectivity index (χ3n) is 3.96. The summed E-state index contributed by atoms with van der Waals surface area (Å²) in [5.74, 6) is 0.151. The lowest BCUT2D eigenvalue weighted by atomic mass is 9.89. The third kappa shape index (κ3) is 3.68. The highest BCUT2D eigenvalue weighted by Crippen LogP contribution is 2.32. The number of rotatable bonds is 5. The molecule has 0 saturated heterocycles. The smallest absolute Gasteiger partial charge is 0.158 e. The lowest BCUT2D eigenvalue weighted by Gasteiger charge is -2.31. The second-order valence-corrected chi connectivity index (χ2v) is 12.5. The van der Waals surface area contributed by atoms with Gasteiger partial charge in [-0.3, -0.25) is 0 Å². The van der Waals surface area contributed by atoms with Crippen LogP contribution in [-0.4, -0.2) is 30.7 Å². The topological polar surface area (TPSA) is 41.8 Å². The largest absolute Gasteiger partial charge is 0.393 e. The molecule has 0 unspecified atom stereocenters. The second kappa shape index (κ2) is 6.51. The zero-order chi connectivity index (χ0) is 15.6. The van der Waals surface area contributed by atoms with Crippen LogP contribution in [0.1, 0.15) is 25.3 Å². The average molecular weight is 326 g/mol. The Hall–Kier alpha value is -0.843. The van der Waals surface area contributed by atoms with Crippen LogP contribution in [-0.2, 0) is 4.84 Å². The van der Waals surface area contributed by atoms with Crippen LogP contribution in [0.5, 0.6) is 0 Å². The van der Waals surface area contributed by atoms with Gasteiger partial charge in [-0.15, -0.1) is 0 Å². The van der Waals surface area contributed by atoms with Gasteiger partial charge < -0.3 is 9.94 Å². The summed E-state index contributed by atoms with van der Waals surface area (Å²) in [6.45, 7) is 8.62. The normalized spacial score (nSPS) is 23.6. The third-order valence-corrected chi connectivity index (χ3v) is 6.31. The Bertz CT molecular complexity index is 510. The van der Waals surface area contributed by atoms with Crippen LogP contribution in [0.3, 0.4) is 0 Å². The summed E-state index contributed by atoms with van der Waals surface area (Å²) < 4.78 is 0. The van der Waals surface area contributed by atoms with E-state index in [4.69, 9.17) is 16.4 Å². The molecule has 1 aliphatic heterocycles. The van der Waals surface area contributed by atoms with E-state index >= 15 is 0 Å². The summed E-state index contributed by atoms with van der Waals surface area (Å²) in [5, 5.41) is 15.6. The molecule has 0 amide bonds. The van der Waals surface area contributed by atoms with Crippen molar-refractivity contribution in [2.24, 2.45) is 11.1 Å². The fourth-order valence-electron chi connectivity index (χ4n) is 2.68. The predicted molar refractivity (Wildman–Crippen MR) is 90.6 cm³/mol. The van der Waals surface area contributed by atoms with Gasteiger partial charge in [0.1, 0.15) is 0 Å². The molecular weight excluding hydrogens is 302 g/mol. The van der Waals surface area contributed by atoms with Gasteiger partial charge in [-0.1, -0.05) is 61.9 Å². The second-order valence-electron chi connectivity index (χ2n) is 6.76. The number of hydrogen-bond donors (Lipinski definition) is 1. The first kappa shape index (κ1) is 16.5. The van der Waals surface area contributed by atoms with Crippen molar-refractivity contribution in [3.63, 3.8) is 0 Å². The van der Waals surface area contributed by atoms with E-state index in [1.54, 1.807) is 0 Å². The maximum absolute atomic E-state index is 10.6. The van der Waals surface area contributed by atoms with Crippen LogP contribution >= 0.6 is 11.6 Å². The minimum atomic E-state index is -1.70. The zero-order valence-corrected chi connectivity index (χ0v) is 14.9. The van der Waals surface area contributed by atoms with E-state index in [0.717, 1.165) is 24.1 Å². The highest BCUT2D eigenvalue weighted by atomic mass is 35.5. The molecule has 0 aliphatic carbocycles. The van der Waals surface area contributed by atoms with Gasteiger partial charge in [-0.25, -0.2) is 0 Å². The van der Waals surface area contributed by atoms with E-state index in [1.807, 2.05) is 24.3 Å². The van der Waals surface area contributed by atoms with Crippen molar-refractivity contribution in [1.29, 1.82) is 0 Å². The first-order valence-corrected chi connectivity index (χ1v) is 11.5. The Labute approximate surface area is 133 Å². The molecule has 2 rings (SSSR count). The molecule has 0 aromatic heterocycles. The maximum Gasteiger partial charge on any atom is 0.158 e. The van der Waals surface area contributed by atoms with Crippen LogP contribution < -0.4 is 0 Å². The molecule has 0 fully saturated rings. The molecule has 5 heteroatoms. The molecule has 0 bridgehead atoms. The van der Waals surface area contributed by atoms with Crippen LogP contribution in [0, 0.1) is 5.92 Å². The number of aliphatic hydroxyl groups is 1. The van der Waals surface area contributed by atoms with Crippen molar-refractivity contribution in [2.75, 3.05) is 0 Å². The van der Waals surface area contributed by atoms with Gasteiger partial charge >= 0.3 is 0 Å². The number of halogens is 1. The molecule has 21 heavy (non-hydrogen) atoms. The van der Waals surface area contributed by atoms with Gasteiger partial charge in [0.15, 0.2) is 6.10 Å². The van der Waals surface area contributed by atoms with Crippen molar-refractivity contribution in [3.05, 3.63) is 34.9 Å². The molecule has 0 saturated carbocycles. The summed E-state index contributed by atoms with van der Waals surface area (Å²) in [6.07, 6.45) is 1.78. The highest BCUT2D eigenvalue weighted by Gasteiger charge is 2.44. The predicted octanol–water partition coefficient (Wildman–Crippen LogP) is 4.10. The lowest BCUT2D eigenvalue weighted by molar-refractivity contribution is -0.00678. The molecule has 1 N–H and O–H groups in total. The van der Waals surface area contributed by atoms with Gasteiger partial charge in [0.05, 0.1) is 19.5 Å². The number of oxime groups is 1. The zero-order valence-electron chi connectivity index (χ0n) is 13.1. The van der Waals surface area contributed by atoms with Gasteiger partial charge in [0.25, 0.3) is 0 Å². The Morgan fingerprint density at radius 1 is 1.29 bits per heavy atom. The molecule has 3 nitrogen and oxygen atoms in total. The molecule has 3 atom stereocenters. The van der Waals surface area contributed by atoms with E-state index in [2.05, 4.69) is 31.7 Å². The van der Waals surface area contributed by atoms with E-state index in [-0.39, 0.29) is 12.0 Å². The van der Waals surface area contributed by atoms with Crippen molar-refractivity contribution in [2.45, 2.75) is 51.2 Å². The summed E-state index contributed by atoms with van der Waals surface area (Å²) in [5.41, 5.74) is 1.56. The average Bonchev–Trinajstić information content (AvgIpc) is 2.82. The van der Waals surface area contributed by atoms with Crippen LogP contribution in [0.4, 0.5) is 0 Å². The van der Waals surface area contributed by atoms with Crippen LogP contribution in [0.15, 0.2) is 29.4 Å². The summed E-state index contributed by atoms with van der Waals surface area (Å²) >= 11 is 5.95. The van der Waals surface area contributed by atoms with Gasteiger partial charge in [-0.05, 0) is 24.1 Å². The quantitative estimate of drug-likeness (QED) is 0.828. The Balaban J connectivity index is 2.25. The van der Waals surface area contributed by atoms with Crippen molar-refractivity contribution in [3.8, 4) is 0 Å². The number of nitrogens with zero attached hydrogens (tertiary/aromatic N) is 1. The van der Waals surface area contributed by atoms with E-state index in [1.165, 1.54) is 0 Å². The molecule has 116 valence electrons. The van der Waals surface area contributed by atoms with Gasteiger partial charge in [0, 0.05) is 10.9 Å². The number of aliphatic hydroxyl groups excluding tert-OH is 1. The fraction of sp³-hybridized carbons (Fsp3) is 0.562. The standard InChI is InChI=1S/C16H24ClNO2Si/c1-5-6-13-14(11-7-9-12(17)10-8-11)18-20-15(13)16(19)21(2,3)4/h7-10,13,15-16,19H,5-6H2,1-4H3/t13-,15-,16-/m0/s1. The minimum Gasteiger partial charge on any atom is -0.393 e. The molecular formula is C16H24ClNO2Si. The molecule has 1 aromatic carbocycles. The minimum absolute atomic E-state index is 0.151. The molecule has 0 radical (unpaired) electrons. The fourth-order valence-corrected chi connectivity index (χ4v) is 4.09. The van der Waals surface area contributed by atoms with Crippen molar-refractivity contribution >= 4 is 25.4 Å². The van der Waals surface area contributed by atoms with Gasteiger partial charge in [0.2, 0.25) is 0 Å². The monoisotopic (exact) mass is 325 g/mol. The SMILES string of the molecule is CCC[C@H]1C(c2ccc(Cl)cc2)=NO[C@@H]1[C@@H](O)[Si](C)(C)C. The highest BCUT2D eigenvalue weighted by molar-refractivity contribution is 6.77. The lowest BCUT2D eigenvalue weighted by Crippen LogP contribution is -2.49. The number of benzene rings is 1. The molecule has 1 aliphatic rings. The molecule has 0 spiro atoms. The van der Waals surface area contributed by atoms with Crippen LogP contribution in [0.2, 0.25) is 24.7 Å². The van der Waals surface area contributed by atoms with E-state index in [0.29, 0.717) is 5.02 Å². The van der Waals surface area contributed by atoms with E-state index < -0.39 is 13.8 Å².